The van der Waals surface area contributed by atoms with Crippen LogP contribution in [-0.4, -0.2) is 32.4 Å². The Bertz CT molecular complexity index is 1140. The van der Waals surface area contributed by atoms with Gasteiger partial charge in [0.15, 0.2) is 5.82 Å². The van der Waals surface area contributed by atoms with Gasteiger partial charge >= 0.3 is 0 Å². The molecule has 0 fully saturated rings. The molecular formula is C22H21Cl2N5O2. The van der Waals surface area contributed by atoms with Crippen molar-refractivity contribution in [2.24, 2.45) is 0 Å². The second-order valence-electron chi connectivity index (χ2n) is 7.20. The van der Waals surface area contributed by atoms with E-state index in [1.807, 2.05) is 36.4 Å². The molecule has 0 saturated carbocycles. The van der Waals surface area contributed by atoms with Gasteiger partial charge in [-0.2, -0.15) is 10.1 Å². The monoisotopic (exact) mass is 457 g/mol. The Hall–Kier alpha value is -2.87. The van der Waals surface area contributed by atoms with E-state index in [1.165, 1.54) is 6.92 Å². The summed E-state index contributed by atoms with van der Waals surface area (Å²) in [4.78, 5) is 15.9. The first-order valence-electron chi connectivity index (χ1n) is 9.82. The Kier molecular flexibility index (Phi) is 6.27. The van der Waals surface area contributed by atoms with Crippen molar-refractivity contribution in [2.45, 2.75) is 25.8 Å². The maximum atomic E-state index is 11.3. The zero-order chi connectivity index (χ0) is 22.0. The molecule has 160 valence electrons. The molecule has 0 saturated heterocycles. The van der Waals surface area contributed by atoms with E-state index in [4.69, 9.17) is 28.3 Å². The molecule has 9 heteroatoms. The van der Waals surface area contributed by atoms with Gasteiger partial charge in [-0.3, -0.25) is 4.79 Å². The number of hydrogen-bond acceptors (Lipinski definition) is 5. The number of carbonyl (C=O) groups excluding carboxylic acids is 1. The molecule has 0 aliphatic carbocycles. The number of nitrogens with zero attached hydrogens (tertiary/aromatic N) is 3. The molecule has 31 heavy (non-hydrogen) atoms. The van der Waals surface area contributed by atoms with Crippen LogP contribution in [0.4, 0.5) is 11.6 Å². The summed E-state index contributed by atoms with van der Waals surface area (Å²) >= 11 is 12.6. The Morgan fingerprint density at radius 2 is 2.00 bits per heavy atom. The summed E-state index contributed by atoms with van der Waals surface area (Å²) in [6, 6.07) is 12.6. The van der Waals surface area contributed by atoms with Crippen LogP contribution in [0, 0.1) is 0 Å². The molecular weight excluding hydrogens is 437 g/mol. The molecule has 3 N–H and O–H groups in total. The number of aliphatic hydroxyl groups excluding tert-OH is 1. The Morgan fingerprint density at radius 3 is 2.68 bits per heavy atom. The van der Waals surface area contributed by atoms with Crippen molar-refractivity contribution in [1.82, 2.24) is 14.8 Å². The van der Waals surface area contributed by atoms with Gasteiger partial charge in [0, 0.05) is 41.4 Å². The molecule has 0 radical (unpaired) electrons. The zero-order valence-electron chi connectivity index (χ0n) is 16.8. The van der Waals surface area contributed by atoms with Crippen LogP contribution in [0.15, 0.2) is 48.5 Å². The van der Waals surface area contributed by atoms with Gasteiger partial charge in [0.05, 0.1) is 0 Å². The van der Waals surface area contributed by atoms with E-state index in [0.717, 1.165) is 22.5 Å². The summed E-state index contributed by atoms with van der Waals surface area (Å²) in [7, 11) is 0. The zero-order valence-corrected chi connectivity index (χ0v) is 18.3. The highest BCUT2D eigenvalue weighted by Crippen LogP contribution is 2.36. The number of aryl methyl sites for hydroxylation is 1. The molecule has 0 spiro atoms. The highest BCUT2D eigenvalue weighted by atomic mass is 35.5. The van der Waals surface area contributed by atoms with Crippen molar-refractivity contribution in [3.8, 4) is 0 Å². The Balaban J connectivity index is 1.74. The quantitative estimate of drug-likeness (QED) is 0.505. The smallest absolute Gasteiger partial charge is 0.226 e. The number of fused-ring (bicyclic) bond motifs is 1. The molecule has 1 amide bonds. The molecule has 1 aromatic heterocycles. The van der Waals surface area contributed by atoms with Crippen LogP contribution < -0.4 is 10.6 Å². The summed E-state index contributed by atoms with van der Waals surface area (Å²) in [5.74, 6) is 1.11. The van der Waals surface area contributed by atoms with Crippen molar-refractivity contribution in [1.29, 1.82) is 0 Å². The van der Waals surface area contributed by atoms with Gasteiger partial charge in [0.1, 0.15) is 6.04 Å². The van der Waals surface area contributed by atoms with Crippen LogP contribution in [0.1, 0.15) is 36.3 Å². The van der Waals surface area contributed by atoms with Crippen molar-refractivity contribution >= 4 is 46.4 Å². The number of anilines is 2. The maximum Gasteiger partial charge on any atom is 0.226 e. The van der Waals surface area contributed by atoms with Crippen molar-refractivity contribution in [3.63, 3.8) is 0 Å². The lowest BCUT2D eigenvalue weighted by Crippen LogP contribution is -2.20. The van der Waals surface area contributed by atoms with Gasteiger partial charge in [-0.15, -0.1) is 0 Å². The van der Waals surface area contributed by atoms with E-state index < -0.39 is 0 Å². The third kappa shape index (κ3) is 4.74. The topological polar surface area (TPSA) is 92.1 Å². The molecule has 3 aromatic rings. The lowest BCUT2D eigenvalue weighted by atomic mass is 10.0. The number of rotatable bonds is 6. The molecule has 1 aliphatic rings. The maximum absolute atomic E-state index is 11.3. The summed E-state index contributed by atoms with van der Waals surface area (Å²) < 4.78 is 1.79. The largest absolute Gasteiger partial charge is 0.396 e. The Morgan fingerprint density at radius 1 is 1.23 bits per heavy atom. The van der Waals surface area contributed by atoms with Gasteiger partial charge in [-0.1, -0.05) is 41.4 Å². The molecule has 0 bridgehead atoms. The third-order valence-corrected chi connectivity index (χ3v) is 5.43. The van der Waals surface area contributed by atoms with Crippen LogP contribution in [0.3, 0.4) is 0 Å². The van der Waals surface area contributed by atoms with Crippen LogP contribution in [0.2, 0.25) is 10.0 Å². The number of aromatic nitrogens is 3. The van der Waals surface area contributed by atoms with Gasteiger partial charge in [0.2, 0.25) is 11.9 Å². The third-order valence-electron chi connectivity index (χ3n) is 4.87. The number of hydrogen-bond donors (Lipinski definition) is 3. The first-order valence-corrected chi connectivity index (χ1v) is 10.6. The van der Waals surface area contributed by atoms with Crippen molar-refractivity contribution < 1.29 is 9.90 Å². The molecule has 0 unspecified atom stereocenters. The average Bonchev–Trinajstić information content (AvgIpc) is 3.15. The van der Waals surface area contributed by atoms with Crippen molar-refractivity contribution in [2.75, 3.05) is 17.2 Å². The molecule has 2 heterocycles. The van der Waals surface area contributed by atoms with E-state index in [0.29, 0.717) is 34.7 Å². The lowest BCUT2D eigenvalue weighted by molar-refractivity contribution is -0.114. The first-order chi connectivity index (χ1) is 14.9. The van der Waals surface area contributed by atoms with E-state index >= 15 is 0 Å². The van der Waals surface area contributed by atoms with Gasteiger partial charge < -0.3 is 15.7 Å². The van der Waals surface area contributed by atoms with E-state index in [-0.39, 0.29) is 18.6 Å². The lowest BCUT2D eigenvalue weighted by Gasteiger charge is -2.25. The molecule has 2 aromatic carbocycles. The fourth-order valence-electron chi connectivity index (χ4n) is 3.45. The SMILES string of the molecule is CC(=O)Nc1ccc(C2=C[C@H](c3ccc(Cl)cc3Cl)n3nc(CCCO)nc3N2)cc1. The summed E-state index contributed by atoms with van der Waals surface area (Å²) in [5, 5.41) is 21.0. The Labute approximate surface area is 189 Å². The van der Waals surface area contributed by atoms with Crippen LogP contribution in [-0.2, 0) is 11.2 Å². The summed E-state index contributed by atoms with van der Waals surface area (Å²) in [6.45, 7) is 1.55. The second kappa shape index (κ2) is 9.09. The number of aliphatic hydroxyl groups is 1. The van der Waals surface area contributed by atoms with Gasteiger partial charge in [-0.25, -0.2) is 4.68 Å². The molecule has 4 rings (SSSR count). The molecule has 7 nitrogen and oxygen atoms in total. The number of allylic oxidation sites excluding steroid dienone is 1. The summed E-state index contributed by atoms with van der Waals surface area (Å²) in [6.07, 6.45) is 3.18. The van der Waals surface area contributed by atoms with Crippen LogP contribution in [0.25, 0.3) is 5.70 Å². The van der Waals surface area contributed by atoms with Gasteiger partial charge in [0.25, 0.3) is 0 Å². The predicted octanol–water partition coefficient (Wildman–Crippen LogP) is 4.52. The normalized spacial score (nSPS) is 15.1. The van der Waals surface area contributed by atoms with E-state index in [1.54, 1.807) is 16.8 Å². The molecule has 1 atom stereocenters. The van der Waals surface area contributed by atoms with Gasteiger partial charge in [-0.05, 0) is 47.9 Å². The number of carbonyl (C=O) groups is 1. The second-order valence-corrected chi connectivity index (χ2v) is 8.04. The number of amides is 1. The number of nitrogens with one attached hydrogen (secondary N) is 2. The highest BCUT2D eigenvalue weighted by Gasteiger charge is 2.26. The van der Waals surface area contributed by atoms with E-state index in [2.05, 4.69) is 20.7 Å². The minimum Gasteiger partial charge on any atom is -0.396 e. The van der Waals surface area contributed by atoms with Crippen molar-refractivity contribution in [3.05, 3.63) is 75.5 Å². The number of halogens is 2. The highest BCUT2D eigenvalue weighted by molar-refractivity contribution is 6.35. The standard InChI is InChI=1S/C22H21Cl2N5O2/c1-13(31)25-16-7-4-14(5-8-16)19-12-20(17-9-6-15(23)11-18(17)24)29-22(26-19)27-21(28-29)3-2-10-30/h4-9,11-12,20,30H,2-3,10H2,1H3,(H,25,31)(H,26,27,28)/t20-/m1/s1. The number of benzene rings is 2. The van der Waals surface area contributed by atoms with Crippen LogP contribution >= 0.6 is 23.2 Å². The summed E-state index contributed by atoms with van der Waals surface area (Å²) in [5.41, 5.74) is 3.34. The fraction of sp³-hybridized carbons (Fsp3) is 0.227. The minimum absolute atomic E-state index is 0.0773. The fourth-order valence-corrected chi connectivity index (χ4v) is 3.97. The van der Waals surface area contributed by atoms with Crippen LogP contribution in [0.5, 0.6) is 0 Å². The predicted molar refractivity (Wildman–Crippen MR) is 122 cm³/mol. The molecule has 1 aliphatic heterocycles. The first kappa shape index (κ1) is 21.4. The minimum atomic E-state index is -0.290. The van der Waals surface area contributed by atoms with E-state index in [9.17, 15) is 4.79 Å². The average molecular weight is 458 g/mol.